The third-order valence-electron chi connectivity index (χ3n) is 2.72. The molecule has 2 saturated heterocycles. The molecule has 2 rings (SSSR count). The fourth-order valence-corrected chi connectivity index (χ4v) is 3.79. The van der Waals surface area contributed by atoms with Crippen molar-refractivity contribution in [2.24, 2.45) is 5.92 Å². The standard InChI is InChI=1S/C8H13NO4S/c10-8-4-13-7(3-9-8)6-1-2-14(11,12)5-6/h6-7H,1-5H2,(H,9,10). The molecule has 0 aliphatic carbocycles. The molecule has 14 heavy (non-hydrogen) atoms. The maximum Gasteiger partial charge on any atom is 0.246 e. The molecule has 2 unspecified atom stereocenters. The van der Waals surface area contributed by atoms with Gasteiger partial charge in [-0.15, -0.1) is 0 Å². The van der Waals surface area contributed by atoms with Crippen LogP contribution in [0, 0.1) is 5.92 Å². The van der Waals surface area contributed by atoms with Crippen molar-refractivity contribution in [2.75, 3.05) is 24.7 Å². The van der Waals surface area contributed by atoms with E-state index < -0.39 is 9.84 Å². The molecule has 2 fully saturated rings. The van der Waals surface area contributed by atoms with Gasteiger partial charge in [-0.05, 0) is 6.42 Å². The van der Waals surface area contributed by atoms with Crippen LogP contribution in [0.25, 0.3) is 0 Å². The molecular weight excluding hydrogens is 206 g/mol. The monoisotopic (exact) mass is 219 g/mol. The molecule has 5 nitrogen and oxygen atoms in total. The Morgan fingerprint density at radius 1 is 1.43 bits per heavy atom. The van der Waals surface area contributed by atoms with Gasteiger partial charge in [0.25, 0.3) is 0 Å². The second-order valence-electron chi connectivity index (χ2n) is 3.82. The van der Waals surface area contributed by atoms with Gasteiger partial charge < -0.3 is 10.1 Å². The van der Waals surface area contributed by atoms with Gasteiger partial charge in [-0.3, -0.25) is 4.79 Å². The van der Waals surface area contributed by atoms with Gasteiger partial charge in [0.05, 0.1) is 17.6 Å². The number of sulfone groups is 1. The maximum atomic E-state index is 11.2. The lowest BCUT2D eigenvalue weighted by atomic mass is 10.0. The Balaban J connectivity index is 1.94. The summed E-state index contributed by atoms with van der Waals surface area (Å²) in [6.45, 7) is 0.500. The third kappa shape index (κ3) is 2.06. The van der Waals surface area contributed by atoms with Crippen molar-refractivity contribution in [2.45, 2.75) is 12.5 Å². The molecule has 1 N–H and O–H groups in total. The molecule has 2 aliphatic rings. The summed E-state index contributed by atoms with van der Waals surface area (Å²) in [5.41, 5.74) is 0. The first-order valence-corrected chi connectivity index (χ1v) is 6.48. The van der Waals surface area contributed by atoms with Gasteiger partial charge in [0.15, 0.2) is 9.84 Å². The van der Waals surface area contributed by atoms with Crippen LogP contribution in [0.4, 0.5) is 0 Å². The molecule has 6 heteroatoms. The van der Waals surface area contributed by atoms with E-state index in [-0.39, 0.29) is 36.0 Å². The third-order valence-corrected chi connectivity index (χ3v) is 4.52. The summed E-state index contributed by atoms with van der Waals surface area (Å²) in [5, 5.41) is 2.68. The molecule has 0 radical (unpaired) electrons. The molecule has 2 atom stereocenters. The highest BCUT2D eigenvalue weighted by atomic mass is 32.2. The lowest BCUT2D eigenvalue weighted by molar-refractivity contribution is -0.134. The van der Waals surface area contributed by atoms with Crippen molar-refractivity contribution in [1.82, 2.24) is 5.32 Å². The van der Waals surface area contributed by atoms with Gasteiger partial charge in [-0.2, -0.15) is 0 Å². The predicted octanol–water partition coefficient (Wildman–Crippen LogP) is -1.06. The van der Waals surface area contributed by atoms with Gasteiger partial charge in [-0.1, -0.05) is 0 Å². The molecule has 0 aromatic carbocycles. The molecule has 0 aromatic heterocycles. The lowest BCUT2D eigenvalue weighted by Gasteiger charge is -2.27. The number of carbonyl (C=O) groups is 1. The van der Waals surface area contributed by atoms with Crippen molar-refractivity contribution < 1.29 is 17.9 Å². The number of hydrogen-bond acceptors (Lipinski definition) is 4. The van der Waals surface area contributed by atoms with E-state index in [2.05, 4.69) is 5.32 Å². The quantitative estimate of drug-likeness (QED) is 0.610. The Morgan fingerprint density at radius 2 is 2.21 bits per heavy atom. The van der Waals surface area contributed by atoms with E-state index in [1.165, 1.54) is 0 Å². The van der Waals surface area contributed by atoms with Gasteiger partial charge in [0, 0.05) is 12.5 Å². The highest BCUT2D eigenvalue weighted by Crippen LogP contribution is 2.24. The summed E-state index contributed by atoms with van der Waals surface area (Å²) in [7, 11) is -2.85. The average molecular weight is 219 g/mol. The highest BCUT2D eigenvalue weighted by Gasteiger charge is 2.35. The number of ether oxygens (including phenoxy) is 1. The second-order valence-corrected chi connectivity index (χ2v) is 6.05. The summed E-state index contributed by atoms with van der Waals surface area (Å²) in [5.74, 6) is 0.390. The van der Waals surface area contributed by atoms with Crippen molar-refractivity contribution in [1.29, 1.82) is 0 Å². The first-order valence-electron chi connectivity index (χ1n) is 4.65. The van der Waals surface area contributed by atoms with E-state index in [1.54, 1.807) is 0 Å². The average Bonchev–Trinajstić information content (AvgIpc) is 2.47. The van der Waals surface area contributed by atoms with E-state index >= 15 is 0 Å². The summed E-state index contributed by atoms with van der Waals surface area (Å²) in [4.78, 5) is 10.8. The molecular formula is C8H13NO4S. The zero-order chi connectivity index (χ0) is 10.2. The maximum absolute atomic E-state index is 11.2. The normalized spacial score (nSPS) is 36.7. The van der Waals surface area contributed by atoms with Gasteiger partial charge in [0.2, 0.25) is 5.91 Å². The van der Waals surface area contributed by atoms with Crippen LogP contribution in [0.2, 0.25) is 0 Å². The molecule has 0 spiro atoms. The van der Waals surface area contributed by atoms with Crippen LogP contribution < -0.4 is 5.32 Å². The molecule has 2 aliphatic heterocycles. The summed E-state index contributed by atoms with van der Waals surface area (Å²) >= 11 is 0. The number of carbonyl (C=O) groups excluding carboxylic acids is 1. The molecule has 0 bridgehead atoms. The first kappa shape index (κ1) is 9.92. The zero-order valence-electron chi connectivity index (χ0n) is 7.73. The Kier molecular flexibility index (Phi) is 2.48. The Morgan fingerprint density at radius 3 is 2.71 bits per heavy atom. The lowest BCUT2D eigenvalue weighted by Crippen LogP contribution is -2.46. The number of nitrogens with one attached hydrogen (secondary N) is 1. The summed E-state index contributed by atoms with van der Waals surface area (Å²) < 4.78 is 27.7. The van der Waals surface area contributed by atoms with Gasteiger partial charge in [-0.25, -0.2) is 8.42 Å². The number of rotatable bonds is 1. The highest BCUT2D eigenvalue weighted by molar-refractivity contribution is 7.91. The Bertz CT molecular complexity index is 327. The summed E-state index contributed by atoms with van der Waals surface area (Å²) in [6, 6.07) is 0. The minimum absolute atomic E-state index is 0.0561. The van der Waals surface area contributed by atoms with Crippen molar-refractivity contribution in [3.8, 4) is 0 Å². The van der Waals surface area contributed by atoms with E-state index in [4.69, 9.17) is 4.74 Å². The first-order chi connectivity index (χ1) is 6.57. The minimum atomic E-state index is -2.85. The van der Waals surface area contributed by atoms with Crippen LogP contribution in [-0.4, -0.2) is 45.1 Å². The Labute approximate surface area is 82.7 Å². The Hall–Kier alpha value is -0.620. The molecule has 2 heterocycles. The van der Waals surface area contributed by atoms with Crippen LogP contribution in [0.5, 0.6) is 0 Å². The molecule has 1 amide bonds. The molecule has 80 valence electrons. The fraction of sp³-hybridized carbons (Fsp3) is 0.875. The van der Waals surface area contributed by atoms with Crippen molar-refractivity contribution in [3.05, 3.63) is 0 Å². The zero-order valence-corrected chi connectivity index (χ0v) is 8.55. The SMILES string of the molecule is O=C1COC(C2CCS(=O)(=O)C2)CN1. The largest absolute Gasteiger partial charge is 0.366 e. The van der Waals surface area contributed by atoms with Crippen molar-refractivity contribution >= 4 is 15.7 Å². The van der Waals surface area contributed by atoms with Gasteiger partial charge >= 0.3 is 0 Å². The predicted molar refractivity (Wildman–Crippen MR) is 49.5 cm³/mol. The second kappa shape index (κ2) is 3.51. The molecule has 0 aromatic rings. The number of morpholine rings is 1. The smallest absolute Gasteiger partial charge is 0.246 e. The van der Waals surface area contributed by atoms with Gasteiger partial charge in [0.1, 0.15) is 6.61 Å². The topological polar surface area (TPSA) is 72.5 Å². The van der Waals surface area contributed by atoms with E-state index in [1.807, 2.05) is 0 Å². The van der Waals surface area contributed by atoms with Crippen LogP contribution >= 0.6 is 0 Å². The van der Waals surface area contributed by atoms with Crippen LogP contribution in [0.15, 0.2) is 0 Å². The van der Waals surface area contributed by atoms with Crippen LogP contribution in [-0.2, 0) is 19.4 Å². The van der Waals surface area contributed by atoms with Crippen LogP contribution in [0.3, 0.4) is 0 Å². The fourth-order valence-electron chi connectivity index (χ4n) is 1.93. The van der Waals surface area contributed by atoms with E-state index in [0.717, 1.165) is 0 Å². The van der Waals surface area contributed by atoms with E-state index in [0.29, 0.717) is 13.0 Å². The molecule has 0 saturated carbocycles. The van der Waals surface area contributed by atoms with Crippen molar-refractivity contribution in [3.63, 3.8) is 0 Å². The minimum Gasteiger partial charge on any atom is -0.366 e. The summed E-state index contributed by atoms with van der Waals surface area (Å²) in [6.07, 6.45) is 0.535. The van der Waals surface area contributed by atoms with Crippen LogP contribution in [0.1, 0.15) is 6.42 Å². The van der Waals surface area contributed by atoms with E-state index in [9.17, 15) is 13.2 Å². The number of amides is 1. The number of hydrogen-bond donors (Lipinski definition) is 1.